The SMILES string of the molecule is CCOc1cc([C@H]2NC(=O)NC(C)=C2C(=O)OC)ccc1OC[C@H](O)N/N=C/c1cc(Br)c(OCc2ccc(Cl)cc2Cl)c([N+](=O)[O-])c1. The Balaban J connectivity index is 1.41. The first kappa shape index (κ1) is 36.3. The number of carbonyl (C=O) groups is 2. The summed E-state index contributed by atoms with van der Waals surface area (Å²) in [6, 6.07) is 11.2. The molecule has 0 bridgehead atoms. The molecule has 0 saturated carbocycles. The molecule has 1 aliphatic heterocycles. The Labute approximate surface area is 293 Å². The molecule has 0 spiro atoms. The Hall–Kier alpha value is -4.57. The average Bonchev–Trinajstić information content (AvgIpc) is 3.03. The van der Waals surface area contributed by atoms with Crippen molar-refractivity contribution in [2.75, 3.05) is 20.3 Å². The number of rotatable bonds is 14. The molecule has 0 aromatic heterocycles. The van der Waals surface area contributed by atoms with Crippen molar-refractivity contribution >= 4 is 63.0 Å². The number of nitro groups is 1. The standard InChI is InChI=1S/C31H30BrCl2N5O9/c1-4-46-25-11-18(28-27(30(41)45-3)16(2)36-31(42)37-28)6-8-24(25)47-15-26(40)38-35-13-17-9-21(32)29(23(10-17)39(43)44)48-14-19-5-7-20(33)12-22(19)34/h5-13,26,28,38,40H,4,14-15H2,1-3H3,(H2,36,37,42)/b35-13+/t26-,28+/m0/s1. The van der Waals surface area contributed by atoms with Gasteiger partial charge in [-0.2, -0.15) is 5.10 Å². The Bertz CT molecular complexity index is 1770. The van der Waals surface area contributed by atoms with E-state index in [0.29, 0.717) is 42.7 Å². The van der Waals surface area contributed by atoms with E-state index in [9.17, 15) is 24.8 Å². The zero-order valence-electron chi connectivity index (χ0n) is 25.7. The summed E-state index contributed by atoms with van der Waals surface area (Å²) >= 11 is 15.4. The third kappa shape index (κ3) is 9.07. The number of nitrogens with zero attached hydrogens (tertiary/aromatic N) is 2. The highest BCUT2D eigenvalue weighted by Gasteiger charge is 2.32. The van der Waals surface area contributed by atoms with E-state index < -0.39 is 29.2 Å². The van der Waals surface area contributed by atoms with E-state index in [0.717, 1.165) is 0 Å². The quantitative estimate of drug-likeness (QED) is 0.0517. The number of methoxy groups -OCH3 is 1. The van der Waals surface area contributed by atoms with Crippen LogP contribution in [0.3, 0.4) is 0 Å². The third-order valence-corrected chi connectivity index (χ3v) is 7.92. The predicted molar refractivity (Wildman–Crippen MR) is 181 cm³/mol. The van der Waals surface area contributed by atoms with Gasteiger partial charge in [0.15, 0.2) is 17.7 Å². The number of allylic oxidation sites excluding steroid dienone is 1. The van der Waals surface area contributed by atoms with E-state index in [1.54, 1.807) is 56.3 Å². The van der Waals surface area contributed by atoms with E-state index in [4.69, 9.17) is 42.1 Å². The summed E-state index contributed by atoms with van der Waals surface area (Å²) in [5.74, 6) is -0.0288. The van der Waals surface area contributed by atoms with Crippen molar-refractivity contribution in [3.63, 3.8) is 0 Å². The lowest BCUT2D eigenvalue weighted by atomic mass is 9.95. The lowest BCUT2D eigenvalue weighted by molar-refractivity contribution is -0.386. The fourth-order valence-electron chi connectivity index (χ4n) is 4.56. The number of ether oxygens (including phenoxy) is 4. The molecule has 48 heavy (non-hydrogen) atoms. The van der Waals surface area contributed by atoms with Crippen molar-refractivity contribution in [2.45, 2.75) is 32.7 Å². The molecule has 3 aromatic carbocycles. The van der Waals surface area contributed by atoms with Crippen LogP contribution in [0.25, 0.3) is 0 Å². The third-order valence-electron chi connectivity index (χ3n) is 6.74. The van der Waals surface area contributed by atoms with Gasteiger partial charge in [-0.15, -0.1) is 0 Å². The number of nitro benzene ring substituents is 1. The second kappa shape index (κ2) is 16.5. The molecule has 1 aliphatic rings. The maximum atomic E-state index is 12.5. The second-order valence-electron chi connectivity index (χ2n) is 10.0. The molecule has 0 aliphatic carbocycles. The fourth-order valence-corrected chi connectivity index (χ4v) is 5.61. The first-order chi connectivity index (χ1) is 22.9. The number of benzene rings is 3. The van der Waals surface area contributed by atoms with Crippen molar-refractivity contribution in [2.24, 2.45) is 5.10 Å². The van der Waals surface area contributed by atoms with E-state index in [-0.39, 0.29) is 42.6 Å². The van der Waals surface area contributed by atoms with Crippen LogP contribution < -0.4 is 30.3 Å². The van der Waals surface area contributed by atoms with E-state index in [1.165, 1.54) is 19.4 Å². The molecular weight excluding hydrogens is 737 g/mol. The van der Waals surface area contributed by atoms with E-state index in [2.05, 4.69) is 37.1 Å². The number of hydrogen-bond donors (Lipinski definition) is 4. The van der Waals surface area contributed by atoms with Crippen molar-refractivity contribution in [1.82, 2.24) is 16.1 Å². The Morgan fingerprint density at radius 1 is 1.17 bits per heavy atom. The van der Waals surface area contributed by atoms with Gasteiger partial charge in [0.25, 0.3) is 0 Å². The molecule has 2 amide bonds. The number of hydrazone groups is 1. The number of esters is 1. The largest absolute Gasteiger partial charge is 0.490 e. The van der Waals surface area contributed by atoms with Gasteiger partial charge in [0.2, 0.25) is 5.75 Å². The number of amides is 2. The van der Waals surface area contributed by atoms with Gasteiger partial charge < -0.3 is 34.7 Å². The Morgan fingerprint density at radius 3 is 2.62 bits per heavy atom. The first-order valence-corrected chi connectivity index (χ1v) is 15.7. The first-order valence-electron chi connectivity index (χ1n) is 14.2. The second-order valence-corrected chi connectivity index (χ2v) is 11.7. The molecule has 0 fully saturated rings. The molecule has 2 atom stereocenters. The number of hydrogen-bond acceptors (Lipinski definition) is 11. The number of halogens is 3. The van der Waals surface area contributed by atoms with Crippen LogP contribution >= 0.6 is 39.1 Å². The minimum absolute atomic E-state index is 0.00380. The smallest absolute Gasteiger partial charge is 0.337 e. The van der Waals surface area contributed by atoms with Crippen LogP contribution in [0.2, 0.25) is 10.0 Å². The van der Waals surface area contributed by atoms with Gasteiger partial charge in [0.1, 0.15) is 13.2 Å². The molecule has 0 unspecified atom stereocenters. The normalized spacial score (nSPS) is 15.0. The zero-order chi connectivity index (χ0) is 35.0. The summed E-state index contributed by atoms with van der Waals surface area (Å²) in [6.07, 6.45) is -0.0102. The summed E-state index contributed by atoms with van der Waals surface area (Å²) in [5.41, 5.74) is 4.22. The van der Waals surface area contributed by atoms with Gasteiger partial charge in [-0.05, 0) is 65.7 Å². The molecule has 0 radical (unpaired) electrons. The molecular formula is C31H30BrCl2N5O9. The number of nitrogens with one attached hydrogen (secondary N) is 3. The lowest BCUT2D eigenvalue weighted by Gasteiger charge is -2.28. The topological polar surface area (TPSA) is 183 Å². The van der Waals surface area contributed by atoms with Gasteiger partial charge in [0.05, 0.1) is 40.9 Å². The van der Waals surface area contributed by atoms with Crippen molar-refractivity contribution < 1.29 is 38.6 Å². The maximum Gasteiger partial charge on any atom is 0.337 e. The summed E-state index contributed by atoms with van der Waals surface area (Å²) in [6.45, 7) is 3.35. The molecule has 14 nitrogen and oxygen atoms in total. The Kier molecular flexibility index (Phi) is 12.5. The number of aliphatic hydroxyl groups excluding tert-OH is 1. The summed E-state index contributed by atoms with van der Waals surface area (Å²) in [5, 5.41) is 32.3. The average molecular weight is 767 g/mol. The Morgan fingerprint density at radius 2 is 1.94 bits per heavy atom. The van der Waals surface area contributed by atoms with E-state index >= 15 is 0 Å². The molecule has 4 N–H and O–H groups in total. The summed E-state index contributed by atoms with van der Waals surface area (Å²) in [7, 11) is 1.25. The van der Waals surface area contributed by atoms with Crippen molar-refractivity contribution in [3.05, 3.63) is 101 Å². The van der Waals surface area contributed by atoms with Crippen LogP contribution in [0.1, 0.15) is 36.6 Å². The van der Waals surface area contributed by atoms with Gasteiger partial charge in [0, 0.05) is 32.9 Å². The maximum absolute atomic E-state index is 12.5. The van der Waals surface area contributed by atoms with Crippen LogP contribution in [0, 0.1) is 10.1 Å². The molecule has 3 aromatic rings. The molecule has 1 heterocycles. The van der Waals surface area contributed by atoms with Crippen LogP contribution in [-0.2, 0) is 16.1 Å². The zero-order valence-corrected chi connectivity index (χ0v) is 28.8. The molecule has 17 heteroatoms. The summed E-state index contributed by atoms with van der Waals surface area (Å²) in [4.78, 5) is 35.8. The molecule has 0 saturated heterocycles. The van der Waals surface area contributed by atoms with Crippen LogP contribution in [0.4, 0.5) is 10.5 Å². The summed E-state index contributed by atoms with van der Waals surface area (Å²) < 4.78 is 22.4. The van der Waals surface area contributed by atoms with Crippen molar-refractivity contribution in [1.29, 1.82) is 0 Å². The number of urea groups is 1. The van der Waals surface area contributed by atoms with Crippen molar-refractivity contribution in [3.8, 4) is 17.2 Å². The lowest BCUT2D eigenvalue weighted by Crippen LogP contribution is -2.45. The minimum atomic E-state index is -1.29. The van der Waals surface area contributed by atoms with Crippen LogP contribution in [0.15, 0.2) is 69.4 Å². The fraction of sp³-hybridized carbons (Fsp3) is 0.258. The van der Waals surface area contributed by atoms with Gasteiger partial charge in [-0.25, -0.2) is 9.59 Å². The highest BCUT2D eigenvalue weighted by atomic mass is 79.9. The van der Waals surface area contributed by atoms with E-state index in [1.807, 2.05) is 0 Å². The van der Waals surface area contributed by atoms with Gasteiger partial charge in [-0.1, -0.05) is 35.3 Å². The molecule has 4 rings (SSSR count). The number of carbonyl (C=O) groups excluding carboxylic acids is 2. The highest BCUT2D eigenvalue weighted by molar-refractivity contribution is 9.10. The predicted octanol–water partition coefficient (Wildman–Crippen LogP) is 5.76. The van der Waals surface area contributed by atoms with Crippen LogP contribution in [0.5, 0.6) is 17.2 Å². The monoisotopic (exact) mass is 765 g/mol. The van der Waals surface area contributed by atoms with Crippen LogP contribution in [-0.4, -0.2) is 54.8 Å². The molecule has 254 valence electrons. The number of aliphatic hydroxyl groups is 1. The van der Waals surface area contributed by atoms with Gasteiger partial charge >= 0.3 is 17.7 Å². The van der Waals surface area contributed by atoms with Gasteiger partial charge in [-0.3, -0.25) is 15.5 Å². The minimum Gasteiger partial charge on any atom is -0.490 e. The highest BCUT2D eigenvalue weighted by Crippen LogP contribution is 2.38.